The fraction of sp³-hybridized carbons (Fsp3) is 0.714. The van der Waals surface area contributed by atoms with Gasteiger partial charge in [0.25, 0.3) is 0 Å². The van der Waals surface area contributed by atoms with Gasteiger partial charge in [-0.3, -0.25) is 24.0 Å². The average Bonchev–Trinajstić information content (AvgIpc) is 3.30. The third kappa shape index (κ3) is 27.2. The standard InChI is InChI=1S/C49H80N12O6S3/c1-9-10-11-12-13-14-15-16-17-21-31-69-47(68)70-40(44(64)61(7)8)33-39(43(63)51-27-19-18-20-28-53-46(66)59-60-50)34-48(3,4)45(65)52-29-22-30-67-35-49(5,6)54-41(62)32-37-23-25-38(26-24-37)42-57-55-36(2)56-58-42/h23-26,39-40H,9-22,27-35H2,1-8H3,(H,51,63)(H,52,65)(H,53,66)(H,54,62). The van der Waals surface area contributed by atoms with E-state index in [1.165, 1.54) is 68.0 Å². The van der Waals surface area contributed by atoms with Gasteiger partial charge in [-0.15, -0.1) is 32.2 Å². The lowest BCUT2D eigenvalue weighted by Crippen LogP contribution is -2.47. The van der Waals surface area contributed by atoms with E-state index in [2.05, 4.69) is 58.6 Å². The van der Waals surface area contributed by atoms with Gasteiger partial charge < -0.3 is 30.9 Å². The molecule has 0 bridgehead atoms. The second-order valence-electron chi connectivity index (χ2n) is 19.2. The van der Waals surface area contributed by atoms with Crippen molar-refractivity contribution in [2.75, 3.05) is 52.7 Å². The molecule has 2 aromatic rings. The molecule has 6 amide bonds. The van der Waals surface area contributed by atoms with Gasteiger partial charge in [0.2, 0.25) is 29.5 Å². The molecule has 0 fully saturated rings. The van der Waals surface area contributed by atoms with Gasteiger partial charge in [-0.05, 0) is 82.6 Å². The van der Waals surface area contributed by atoms with Crippen LogP contribution < -0.4 is 21.3 Å². The van der Waals surface area contributed by atoms with Crippen LogP contribution in [0.25, 0.3) is 21.8 Å². The van der Waals surface area contributed by atoms with Gasteiger partial charge in [0, 0.05) is 67.3 Å². The zero-order valence-corrected chi connectivity index (χ0v) is 45.4. The first-order valence-electron chi connectivity index (χ1n) is 24.8. The van der Waals surface area contributed by atoms with Crippen LogP contribution in [0.15, 0.2) is 29.4 Å². The van der Waals surface area contributed by atoms with Crippen LogP contribution in [0, 0.1) is 18.3 Å². The predicted octanol–water partition coefficient (Wildman–Crippen LogP) is 9.06. The molecule has 70 heavy (non-hydrogen) atoms. The number of hydrogen-bond donors (Lipinski definition) is 4. The third-order valence-corrected chi connectivity index (χ3v) is 14.2. The first-order chi connectivity index (χ1) is 33.4. The first kappa shape index (κ1) is 61.7. The summed E-state index contributed by atoms with van der Waals surface area (Å²) in [7, 11) is 3.39. The first-order valence-corrected chi connectivity index (χ1v) is 27.1. The highest BCUT2D eigenvalue weighted by molar-refractivity contribution is 8.47. The minimum Gasteiger partial charge on any atom is -0.379 e. The lowest BCUT2D eigenvalue weighted by molar-refractivity contribution is -0.133. The molecule has 0 aliphatic carbocycles. The quantitative estimate of drug-likeness (QED) is 0.0166. The Kier molecular flexibility index (Phi) is 30.7. The zero-order chi connectivity index (χ0) is 51.8. The molecule has 0 aliphatic heterocycles. The maximum absolute atomic E-state index is 14.0. The summed E-state index contributed by atoms with van der Waals surface area (Å²) in [5.41, 5.74) is 8.38. The molecule has 1 aromatic carbocycles. The molecular formula is C49H80N12O6S3. The van der Waals surface area contributed by atoms with Crippen LogP contribution >= 0.6 is 35.7 Å². The van der Waals surface area contributed by atoms with Gasteiger partial charge in [-0.1, -0.05) is 127 Å². The van der Waals surface area contributed by atoms with Crippen molar-refractivity contribution in [2.45, 2.75) is 161 Å². The molecule has 2 unspecified atom stereocenters. The number of thiocarbonyl (C=S) groups is 1. The van der Waals surface area contributed by atoms with Crippen LogP contribution in [-0.4, -0.2) is 122 Å². The second kappa shape index (κ2) is 34.8. The number of carbonyl (C=O) groups excluding carboxylic acids is 5. The predicted molar refractivity (Wildman–Crippen MR) is 285 cm³/mol. The summed E-state index contributed by atoms with van der Waals surface area (Å²) in [6.45, 7) is 13.0. The smallest absolute Gasteiger partial charge is 0.308 e. The van der Waals surface area contributed by atoms with Crippen LogP contribution in [0.4, 0.5) is 4.79 Å². The van der Waals surface area contributed by atoms with E-state index in [4.69, 9.17) is 22.5 Å². The SMILES string of the molecule is CCCCCCCCCCCCSC(=S)SC(CC(CC(C)(C)C(=O)NCCCOCC(C)(C)NC(=O)Cc1ccc(-c2nnc(C)nn2)cc1)C(=O)NCCCCCNC(=O)N=[N+]=[N-])C(=O)N(C)C. The van der Waals surface area contributed by atoms with E-state index in [0.29, 0.717) is 67.1 Å². The lowest BCUT2D eigenvalue weighted by atomic mass is 9.79. The molecule has 1 heterocycles. The highest BCUT2D eigenvalue weighted by atomic mass is 32.2. The molecule has 1 aromatic heterocycles. The molecule has 18 nitrogen and oxygen atoms in total. The van der Waals surface area contributed by atoms with Gasteiger partial charge in [0.05, 0.1) is 23.8 Å². The van der Waals surface area contributed by atoms with Crippen LogP contribution in [0.5, 0.6) is 0 Å². The van der Waals surface area contributed by atoms with Crippen molar-refractivity contribution in [3.8, 4) is 11.4 Å². The van der Waals surface area contributed by atoms with Crippen LogP contribution in [0.2, 0.25) is 0 Å². The normalized spacial score (nSPS) is 12.3. The number of ether oxygens (including phenoxy) is 1. The van der Waals surface area contributed by atoms with Crippen molar-refractivity contribution in [1.29, 1.82) is 0 Å². The molecule has 0 aliphatic rings. The molecule has 390 valence electrons. The number of nitrogens with zero attached hydrogens (tertiary/aromatic N) is 8. The zero-order valence-electron chi connectivity index (χ0n) is 43.0. The Morgan fingerprint density at radius 2 is 1.40 bits per heavy atom. The van der Waals surface area contributed by atoms with Crippen molar-refractivity contribution in [3.63, 3.8) is 0 Å². The third-order valence-electron chi connectivity index (χ3n) is 11.3. The van der Waals surface area contributed by atoms with Gasteiger partial charge in [-0.25, -0.2) is 0 Å². The Labute approximate surface area is 430 Å². The Morgan fingerprint density at radius 3 is 2.01 bits per heavy atom. The molecule has 21 heteroatoms. The van der Waals surface area contributed by atoms with E-state index in [1.54, 1.807) is 46.6 Å². The number of nitrogens with one attached hydrogen (secondary N) is 4. The lowest BCUT2D eigenvalue weighted by Gasteiger charge is -2.30. The van der Waals surface area contributed by atoms with Crippen LogP contribution in [0.1, 0.15) is 149 Å². The minimum atomic E-state index is -0.969. The Balaban J connectivity index is 1.94. The second-order valence-corrected chi connectivity index (χ2v) is 22.7. The van der Waals surface area contributed by atoms with E-state index in [9.17, 15) is 24.0 Å². The number of amides is 6. The number of thioether (sulfide) groups is 2. The summed E-state index contributed by atoms with van der Waals surface area (Å²) in [6.07, 6.45) is 15.5. The summed E-state index contributed by atoms with van der Waals surface area (Å²) in [4.78, 5) is 69.7. The number of carbonyl (C=O) groups is 5. The Morgan fingerprint density at radius 1 is 0.814 bits per heavy atom. The van der Waals surface area contributed by atoms with E-state index in [1.807, 2.05) is 38.1 Å². The van der Waals surface area contributed by atoms with Gasteiger partial charge in [0.15, 0.2) is 5.82 Å². The number of azide groups is 1. The number of urea groups is 1. The fourth-order valence-corrected chi connectivity index (χ4v) is 10.3. The summed E-state index contributed by atoms with van der Waals surface area (Å²) in [5.74, 6) is 0.322. The fourth-order valence-electron chi connectivity index (χ4n) is 7.44. The number of aromatic nitrogens is 4. The highest BCUT2D eigenvalue weighted by Gasteiger charge is 2.37. The number of rotatable bonds is 35. The molecule has 0 radical (unpaired) electrons. The molecule has 4 N–H and O–H groups in total. The topological polar surface area (TPSA) is 246 Å². The van der Waals surface area contributed by atoms with Crippen molar-refractivity contribution < 1.29 is 28.7 Å². The molecule has 2 atom stereocenters. The van der Waals surface area contributed by atoms with Crippen molar-refractivity contribution in [1.82, 2.24) is 46.6 Å². The molecular weight excluding hydrogens is 949 g/mol. The van der Waals surface area contributed by atoms with E-state index >= 15 is 0 Å². The average molecular weight is 1030 g/mol. The monoisotopic (exact) mass is 1030 g/mol. The maximum Gasteiger partial charge on any atom is 0.308 e. The van der Waals surface area contributed by atoms with Crippen LogP contribution in [0.3, 0.4) is 0 Å². The summed E-state index contributed by atoms with van der Waals surface area (Å²) < 4.78 is 6.59. The highest BCUT2D eigenvalue weighted by Crippen LogP contribution is 2.34. The van der Waals surface area contributed by atoms with E-state index < -0.39 is 28.2 Å². The summed E-state index contributed by atoms with van der Waals surface area (Å²) in [6, 6.07) is 6.61. The van der Waals surface area contributed by atoms with Gasteiger partial charge in [0.1, 0.15) is 3.53 Å². The minimum absolute atomic E-state index is 0.145. The van der Waals surface area contributed by atoms with Crippen molar-refractivity contribution in [3.05, 3.63) is 46.1 Å². The number of hydrogen-bond acceptors (Lipinski definition) is 13. The van der Waals surface area contributed by atoms with Crippen molar-refractivity contribution in [2.24, 2.45) is 16.4 Å². The molecule has 0 spiro atoms. The Hall–Kier alpha value is -4.43. The van der Waals surface area contributed by atoms with Crippen LogP contribution in [-0.2, 0) is 30.3 Å². The molecule has 2 rings (SSSR count). The molecule has 0 saturated carbocycles. The van der Waals surface area contributed by atoms with Gasteiger partial charge >= 0.3 is 6.03 Å². The van der Waals surface area contributed by atoms with Crippen molar-refractivity contribution >= 4 is 68.9 Å². The Bertz CT molecular complexity index is 1950. The largest absolute Gasteiger partial charge is 0.379 e. The van der Waals surface area contributed by atoms with E-state index in [0.717, 1.165) is 29.7 Å². The maximum atomic E-state index is 14.0. The number of aryl methyl sites for hydroxylation is 1. The number of benzene rings is 1. The summed E-state index contributed by atoms with van der Waals surface area (Å²) in [5, 5.41) is 30.0. The van der Waals surface area contributed by atoms with E-state index in [-0.39, 0.29) is 49.5 Å². The summed E-state index contributed by atoms with van der Waals surface area (Å²) >= 11 is 8.70. The number of unbranched alkanes of at least 4 members (excludes halogenated alkanes) is 11. The molecule has 0 saturated heterocycles. The van der Waals surface area contributed by atoms with Gasteiger partial charge in [-0.2, -0.15) is 0 Å².